The third-order valence-electron chi connectivity index (χ3n) is 3.68. The molecule has 0 bridgehead atoms. The zero-order valence-corrected chi connectivity index (χ0v) is 12.7. The first-order chi connectivity index (χ1) is 9.86. The van der Waals surface area contributed by atoms with E-state index in [2.05, 4.69) is 4.98 Å². The van der Waals surface area contributed by atoms with Crippen LogP contribution in [0, 0.1) is 0 Å². The molecule has 21 heavy (non-hydrogen) atoms. The monoisotopic (exact) mass is 332 g/mol. The second-order valence-corrected chi connectivity index (χ2v) is 6.34. The summed E-state index contributed by atoms with van der Waals surface area (Å²) >= 11 is 7.45. The van der Waals surface area contributed by atoms with E-state index in [1.807, 2.05) is 23.3 Å². The standard InChI is InChI=1S/C14H12ClF3N2S/c1-8-10-3-5-21-11(10)2-4-20(8)13-7-9(14(16,17)18)6-12(15)19-13/h3,5-8H,2,4H2,1H3. The minimum atomic E-state index is -4.42. The van der Waals surface area contributed by atoms with Gasteiger partial charge in [-0.25, -0.2) is 4.98 Å². The molecular formula is C14H12ClF3N2S. The van der Waals surface area contributed by atoms with Gasteiger partial charge in [0, 0.05) is 11.4 Å². The van der Waals surface area contributed by atoms with Gasteiger partial charge in [0.2, 0.25) is 0 Å². The van der Waals surface area contributed by atoms with Crippen LogP contribution < -0.4 is 4.90 Å². The maximum absolute atomic E-state index is 12.9. The molecule has 0 amide bonds. The van der Waals surface area contributed by atoms with E-state index in [9.17, 15) is 13.2 Å². The van der Waals surface area contributed by atoms with Gasteiger partial charge in [-0.3, -0.25) is 0 Å². The van der Waals surface area contributed by atoms with Gasteiger partial charge in [-0.05, 0) is 42.5 Å². The Labute approximate surface area is 129 Å². The minimum absolute atomic E-state index is 0.00736. The predicted molar refractivity (Wildman–Crippen MR) is 78.0 cm³/mol. The van der Waals surface area contributed by atoms with Crippen molar-refractivity contribution in [2.45, 2.75) is 25.6 Å². The van der Waals surface area contributed by atoms with Crippen molar-refractivity contribution in [3.8, 4) is 0 Å². The zero-order chi connectivity index (χ0) is 15.2. The molecule has 0 radical (unpaired) electrons. The third kappa shape index (κ3) is 2.74. The molecule has 3 heterocycles. The maximum atomic E-state index is 12.9. The van der Waals surface area contributed by atoms with Crippen molar-refractivity contribution >= 4 is 28.8 Å². The van der Waals surface area contributed by atoms with Crippen molar-refractivity contribution in [1.29, 1.82) is 0 Å². The number of anilines is 1. The highest BCUT2D eigenvalue weighted by Crippen LogP contribution is 2.38. The van der Waals surface area contributed by atoms with Crippen LogP contribution in [0.3, 0.4) is 0 Å². The van der Waals surface area contributed by atoms with Crippen LogP contribution in [0.1, 0.15) is 29.0 Å². The molecule has 1 unspecified atom stereocenters. The topological polar surface area (TPSA) is 16.1 Å². The Morgan fingerprint density at radius 3 is 2.86 bits per heavy atom. The molecular weight excluding hydrogens is 321 g/mol. The van der Waals surface area contributed by atoms with Gasteiger partial charge in [-0.1, -0.05) is 11.6 Å². The SMILES string of the molecule is CC1c2ccsc2CCN1c1cc(C(F)(F)F)cc(Cl)n1. The highest BCUT2D eigenvalue weighted by molar-refractivity contribution is 7.10. The Hall–Kier alpha value is -1.27. The van der Waals surface area contributed by atoms with Crippen LogP contribution in [-0.4, -0.2) is 11.5 Å². The molecule has 112 valence electrons. The number of alkyl halides is 3. The summed E-state index contributed by atoms with van der Waals surface area (Å²) in [7, 11) is 0. The fraction of sp³-hybridized carbons (Fsp3) is 0.357. The van der Waals surface area contributed by atoms with E-state index in [1.165, 1.54) is 4.88 Å². The molecule has 0 saturated heterocycles. The van der Waals surface area contributed by atoms with Crippen molar-refractivity contribution in [2.75, 3.05) is 11.4 Å². The average molecular weight is 333 g/mol. The lowest BCUT2D eigenvalue weighted by Gasteiger charge is -2.35. The van der Waals surface area contributed by atoms with E-state index in [-0.39, 0.29) is 17.0 Å². The molecule has 1 aliphatic rings. The molecule has 0 aromatic carbocycles. The highest BCUT2D eigenvalue weighted by atomic mass is 35.5. The molecule has 0 fully saturated rings. The summed E-state index contributed by atoms with van der Waals surface area (Å²) in [6.07, 6.45) is -3.61. The Balaban J connectivity index is 2.00. The van der Waals surface area contributed by atoms with Gasteiger partial charge in [0.05, 0.1) is 11.6 Å². The first-order valence-electron chi connectivity index (χ1n) is 6.44. The van der Waals surface area contributed by atoms with Crippen molar-refractivity contribution in [2.24, 2.45) is 0 Å². The lowest BCUT2D eigenvalue weighted by molar-refractivity contribution is -0.137. The van der Waals surface area contributed by atoms with Gasteiger partial charge in [-0.15, -0.1) is 11.3 Å². The van der Waals surface area contributed by atoms with Crippen LogP contribution in [0.25, 0.3) is 0 Å². The van der Waals surface area contributed by atoms with Crippen molar-refractivity contribution in [3.05, 3.63) is 44.7 Å². The number of nitrogens with zero attached hydrogens (tertiary/aromatic N) is 2. The largest absolute Gasteiger partial charge is 0.416 e. The van der Waals surface area contributed by atoms with E-state index in [4.69, 9.17) is 11.6 Å². The minimum Gasteiger partial charge on any atom is -0.349 e. The van der Waals surface area contributed by atoms with Crippen LogP contribution in [0.2, 0.25) is 5.15 Å². The molecule has 7 heteroatoms. The summed E-state index contributed by atoms with van der Waals surface area (Å²) in [6.45, 7) is 2.61. The number of thiophene rings is 1. The van der Waals surface area contributed by atoms with Crippen LogP contribution in [0.15, 0.2) is 23.6 Å². The summed E-state index contributed by atoms with van der Waals surface area (Å²) in [5.41, 5.74) is 0.391. The van der Waals surface area contributed by atoms with E-state index < -0.39 is 11.7 Å². The Morgan fingerprint density at radius 2 is 2.14 bits per heavy atom. The molecule has 3 rings (SSSR count). The van der Waals surface area contributed by atoms with Crippen molar-refractivity contribution in [3.63, 3.8) is 0 Å². The molecule has 2 aromatic heterocycles. The van der Waals surface area contributed by atoms with Gasteiger partial charge >= 0.3 is 6.18 Å². The number of fused-ring (bicyclic) bond motifs is 1. The normalized spacial score (nSPS) is 18.7. The van der Waals surface area contributed by atoms with Crippen LogP contribution >= 0.6 is 22.9 Å². The smallest absolute Gasteiger partial charge is 0.349 e. The summed E-state index contributed by atoms with van der Waals surface area (Å²) in [4.78, 5) is 7.23. The molecule has 1 aliphatic heterocycles. The third-order valence-corrected chi connectivity index (χ3v) is 4.87. The maximum Gasteiger partial charge on any atom is 0.416 e. The van der Waals surface area contributed by atoms with Crippen LogP contribution in [0.5, 0.6) is 0 Å². The fourth-order valence-electron chi connectivity index (χ4n) is 2.62. The van der Waals surface area contributed by atoms with Crippen LogP contribution in [-0.2, 0) is 12.6 Å². The molecule has 0 spiro atoms. The number of rotatable bonds is 1. The second kappa shape index (κ2) is 5.18. The van der Waals surface area contributed by atoms with Crippen LogP contribution in [0.4, 0.5) is 19.0 Å². The Bertz CT molecular complexity index is 668. The lowest BCUT2D eigenvalue weighted by Crippen LogP contribution is -2.34. The molecule has 2 aromatic rings. The van der Waals surface area contributed by atoms with E-state index in [0.29, 0.717) is 6.54 Å². The number of hydrogen-bond donors (Lipinski definition) is 0. The second-order valence-electron chi connectivity index (χ2n) is 4.95. The first kappa shape index (κ1) is 14.7. The zero-order valence-electron chi connectivity index (χ0n) is 11.1. The first-order valence-corrected chi connectivity index (χ1v) is 7.69. The van der Waals surface area contributed by atoms with E-state index >= 15 is 0 Å². The van der Waals surface area contributed by atoms with Gasteiger partial charge in [0.1, 0.15) is 11.0 Å². The van der Waals surface area contributed by atoms with E-state index in [0.717, 1.165) is 24.1 Å². The molecule has 0 N–H and O–H groups in total. The summed E-state index contributed by atoms with van der Waals surface area (Å²) in [6, 6.07) is 3.94. The summed E-state index contributed by atoms with van der Waals surface area (Å²) < 4.78 is 38.7. The van der Waals surface area contributed by atoms with Gasteiger partial charge in [0.15, 0.2) is 0 Å². The molecule has 0 saturated carbocycles. The van der Waals surface area contributed by atoms with Crippen molar-refractivity contribution in [1.82, 2.24) is 4.98 Å². The molecule has 0 aliphatic carbocycles. The number of pyridine rings is 1. The van der Waals surface area contributed by atoms with Gasteiger partial charge in [-0.2, -0.15) is 13.2 Å². The van der Waals surface area contributed by atoms with Gasteiger partial charge < -0.3 is 4.90 Å². The highest BCUT2D eigenvalue weighted by Gasteiger charge is 2.33. The number of aromatic nitrogens is 1. The molecule has 2 nitrogen and oxygen atoms in total. The van der Waals surface area contributed by atoms with E-state index in [1.54, 1.807) is 11.3 Å². The fourth-order valence-corrected chi connectivity index (χ4v) is 3.78. The average Bonchev–Trinajstić information content (AvgIpc) is 2.86. The summed E-state index contributed by atoms with van der Waals surface area (Å²) in [5.74, 6) is 0.277. The number of halogens is 4. The van der Waals surface area contributed by atoms with Gasteiger partial charge in [0.25, 0.3) is 0 Å². The Kier molecular flexibility index (Phi) is 3.61. The van der Waals surface area contributed by atoms with Crippen molar-refractivity contribution < 1.29 is 13.2 Å². The Morgan fingerprint density at radius 1 is 1.38 bits per heavy atom. The molecule has 1 atom stereocenters. The predicted octanol–water partition coefficient (Wildman–Crippen LogP) is 4.94. The number of hydrogen-bond acceptors (Lipinski definition) is 3. The summed E-state index contributed by atoms with van der Waals surface area (Å²) in [5, 5.41) is 1.88. The lowest BCUT2D eigenvalue weighted by atomic mass is 10.0. The quantitative estimate of drug-likeness (QED) is 0.688.